The van der Waals surface area contributed by atoms with Gasteiger partial charge in [0, 0.05) is 0 Å². The maximum absolute atomic E-state index is 13.5. The molecule has 6 heteroatoms. The Morgan fingerprint density at radius 1 is 1.38 bits per heavy atom. The first-order valence-corrected chi connectivity index (χ1v) is 4.93. The van der Waals surface area contributed by atoms with Crippen molar-refractivity contribution in [1.82, 2.24) is 0 Å². The van der Waals surface area contributed by atoms with Crippen molar-refractivity contribution >= 4 is 17.7 Å². The summed E-state index contributed by atoms with van der Waals surface area (Å²) in [6.07, 6.45) is -0.784. The molecular weight excluding hydrogens is 205 g/mol. The van der Waals surface area contributed by atoms with Crippen molar-refractivity contribution in [2.45, 2.75) is 24.4 Å². The van der Waals surface area contributed by atoms with Crippen molar-refractivity contribution < 1.29 is 23.1 Å². The maximum atomic E-state index is 13.5. The number of rotatable bonds is 2. The van der Waals surface area contributed by atoms with Gasteiger partial charge in [-0.1, -0.05) is 0 Å². The van der Waals surface area contributed by atoms with Gasteiger partial charge in [0.25, 0.3) is 0 Å². The van der Waals surface area contributed by atoms with Gasteiger partial charge in [-0.2, -0.15) is 20.5 Å². The van der Waals surface area contributed by atoms with Crippen LogP contribution in [0.1, 0.15) is 12.8 Å². The summed E-state index contributed by atoms with van der Waals surface area (Å²) in [7, 11) is 0. The summed E-state index contributed by atoms with van der Waals surface area (Å²) < 4.78 is 39.1. The van der Waals surface area contributed by atoms with Gasteiger partial charge >= 0.3 is 11.9 Å². The Morgan fingerprint density at radius 2 is 1.85 bits per heavy atom. The lowest BCUT2D eigenvalue weighted by molar-refractivity contribution is -0.192. The predicted octanol–water partition coefficient (Wildman–Crippen LogP) is 1.94. The van der Waals surface area contributed by atoms with E-state index < -0.39 is 30.4 Å². The van der Waals surface area contributed by atoms with Crippen LogP contribution in [0.4, 0.5) is 13.2 Å². The molecule has 0 unspecified atom stereocenters. The van der Waals surface area contributed by atoms with E-state index in [1.165, 1.54) is 11.8 Å². The van der Waals surface area contributed by atoms with E-state index in [1.807, 2.05) is 0 Å². The van der Waals surface area contributed by atoms with Gasteiger partial charge in [-0.25, -0.2) is 9.18 Å². The van der Waals surface area contributed by atoms with Crippen molar-refractivity contribution in [3.8, 4) is 0 Å². The summed E-state index contributed by atoms with van der Waals surface area (Å²) in [6, 6.07) is 0. The normalized spacial score (nSPS) is 22.7. The summed E-state index contributed by atoms with van der Waals surface area (Å²) in [5.41, 5.74) is -2.86. The quantitative estimate of drug-likeness (QED) is 0.763. The first-order chi connectivity index (χ1) is 5.90. The summed E-state index contributed by atoms with van der Waals surface area (Å²) in [4.78, 5) is 10.1. The van der Waals surface area contributed by atoms with E-state index in [1.54, 1.807) is 0 Å². The standard InChI is InChI=1S/C7H9F3O2S/c8-6(1-3-13-4-2-6)7(9,10)5(11)12/h1-4H2,(H,11,12). The molecule has 76 valence electrons. The molecule has 0 aliphatic carbocycles. The van der Waals surface area contributed by atoms with Gasteiger partial charge in [-0.05, 0) is 24.3 Å². The Morgan fingerprint density at radius 3 is 2.23 bits per heavy atom. The highest BCUT2D eigenvalue weighted by Crippen LogP contribution is 2.42. The van der Waals surface area contributed by atoms with Gasteiger partial charge in [0.15, 0.2) is 5.67 Å². The third kappa shape index (κ3) is 1.77. The molecule has 13 heavy (non-hydrogen) atoms. The van der Waals surface area contributed by atoms with Gasteiger partial charge in [0.05, 0.1) is 0 Å². The number of carboxylic acid groups (broad SMARTS) is 1. The second kappa shape index (κ2) is 3.40. The van der Waals surface area contributed by atoms with Crippen molar-refractivity contribution in [2.24, 2.45) is 0 Å². The molecule has 0 radical (unpaired) electrons. The Balaban J connectivity index is 2.82. The monoisotopic (exact) mass is 214 g/mol. The van der Waals surface area contributed by atoms with Crippen molar-refractivity contribution in [1.29, 1.82) is 0 Å². The number of carboxylic acids is 1. The van der Waals surface area contributed by atoms with Crippen LogP contribution in [0.2, 0.25) is 0 Å². The van der Waals surface area contributed by atoms with Crippen LogP contribution in [0.25, 0.3) is 0 Å². The van der Waals surface area contributed by atoms with Gasteiger partial charge < -0.3 is 5.11 Å². The number of thioether (sulfide) groups is 1. The molecule has 0 aromatic heterocycles. The van der Waals surface area contributed by atoms with E-state index in [4.69, 9.17) is 5.11 Å². The molecule has 0 aromatic rings. The van der Waals surface area contributed by atoms with Crippen LogP contribution in [0.15, 0.2) is 0 Å². The van der Waals surface area contributed by atoms with E-state index >= 15 is 0 Å². The lowest BCUT2D eigenvalue weighted by Crippen LogP contribution is -2.52. The molecule has 2 nitrogen and oxygen atoms in total. The second-order valence-electron chi connectivity index (χ2n) is 2.96. The van der Waals surface area contributed by atoms with Gasteiger partial charge in [-0.15, -0.1) is 0 Å². The Hall–Kier alpha value is -0.390. The lowest BCUT2D eigenvalue weighted by atomic mass is 9.91. The largest absolute Gasteiger partial charge is 0.477 e. The second-order valence-corrected chi connectivity index (χ2v) is 4.18. The van der Waals surface area contributed by atoms with Crippen molar-refractivity contribution in [3.63, 3.8) is 0 Å². The molecule has 1 aliphatic heterocycles. The van der Waals surface area contributed by atoms with Crippen LogP contribution in [0.3, 0.4) is 0 Å². The van der Waals surface area contributed by atoms with Crippen LogP contribution in [-0.2, 0) is 4.79 Å². The number of hydrogen-bond acceptors (Lipinski definition) is 2. The molecule has 1 rings (SSSR count). The third-order valence-corrected chi connectivity index (χ3v) is 3.10. The molecule has 1 heterocycles. The van der Waals surface area contributed by atoms with Crippen molar-refractivity contribution in [2.75, 3.05) is 11.5 Å². The minimum absolute atomic E-state index is 0.249. The van der Waals surface area contributed by atoms with Crippen LogP contribution < -0.4 is 0 Å². The molecule has 0 aromatic carbocycles. The Kier molecular flexibility index (Phi) is 2.79. The van der Waals surface area contributed by atoms with E-state index in [2.05, 4.69) is 0 Å². The third-order valence-electron chi connectivity index (χ3n) is 2.12. The average molecular weight is 214 g/mol. The number of carbonyl (C=O) groups is 1. The highest BCUT2D eigenvalue weighted by molar-refractivity contribution is 7.99. The Labute approximate surface area is 77.5 Å². The zero-order valence-corrected chi connectivity index (χ0v) is 7.54. The molecule has 1 fully saturated rings. The van der Waals surface area contributed by atoms with E-state index in [0.717, 1.165) is 0 Å². The summed E-state index contributed by atoms with van der Waals surface area (Å²) in [5, 5.41) is 8.16. The molecule has 0 bridgehead atoms. The summed E-state index contributed by atoms with van der Waals surface area (Å²) in [6.45, 7) is 0. The fourth-order valence-corrected chi connectivity index (χ4v) is 2.34. The molecular formula is C7H9F3O2S. The summed E-state index contributed by atoms with van der Waals surface area (Å²) >= 11 is 1.36. The fraction of sp³-hybridized carbons (Fsp3) is 0.857. The Bertz CT molecular complexity index is 214. The van der Waals surface area contributed by atoms with Gasteiger partial charge in [-0.3, -0.25) is 0 Å². The van der Waals surface area contributed by atoms with E-state index in [0.29, 0.717) is 0 Å². The number of halogens is 3. The van der Waals surface area contributed by atoms with Gasteiger partial charge in [0.1, 0.15) is 0 Å². The van der Waals surface area contributed by atoms with Crippen LogP contribution in [-0.4, -0.2) is 34.2 Å². The topological polar surface area (TPSA) is 37.3 Å². The zero-order valence-electron chi connectivity index (χ0n) is 6.73. The average Bonchev–Trinajstić information content (AvgIpc) is 2.05. The van der Waals surface area contributed by atoms with Gasteiger partial charge in [0.2, 0.25) is 0 Å². The highest BCUT2D eigenvalue weighted by atomic mass is 32.2. The lowest BCUT2D eigenvalue weighted by Gasteiger charge is -2.33. The first-order valence-electron chi connectivity index (χ1n) is 3.78. The molecule has 1 saturated heterocycles. The first kappa shape index (κ1) is 10.7. The zero-order chi connectivity index (χ0) is 10.1. The molecule has 0 spiro atoms. The van der Waals surface area contributed by atoms with E-state index in [9.17, 15) is 18.0 Å². The summed E-state index contributed by atoms with van der Waals surface area (Å²) in [5.74, 6) is -6.13. The van der Waals surface area contributed by atoms with Crippen LogP contribution in [0, 0.1) is 0 Å². The van der Waals surface area contributed by atoms with Crippen LogP contribution in [0.5, 0.6) is 0 Å². The number of alkyl halides is 3. The molecule has 1 N–H and O–H groups in total. The molecule has 0 saturated carbocycles. The van der Waals surface area contributed by atoms with Crippen molar-refractivity contribution in [3.05, 3.63) is 0 Å². The molecule has 1 aliphatic rings. The minimum Gasteiger partial charge on any atom is -0.477 e. The SMILES string of the molecule is O=C(O)C(F)(F)C1(F)CCSCC1. The number of aliphatic carboxylic acids is 1. The fourth-order valence-electron chi connectivity index (χ4n) is 1.20. The number of hydrogen-bond donors (Lipinski definition) is 1. The maximum Gasteiger partial charge on any atom is 0.378 e. The minimum atomic E-state index is -4.26. The smallest absolute Gasteiger partial charge is 0.378 e. The highest BCUT2D eigenvalue weighted by Gasteiger charge is 2.60. The van der Waals surface area contributed by atoms with Crippen LogP contribution >= 0.6 is 11.8 Å². The van der Waals surface area contributed by atoms with E-state index in [-0.39, 0.29) is 11.5 Å². The predicted molar refractivity (Wildman–Crippen MR) is 43.0 cm³/mol. The molecule has 0 atom stereocenters. The molecule has 0 amide bonds.